The summed E-state index contributed by atoms with van der Waals surface area (Å²) >= 11 is 0. The van der Waals surface area contributed by atoms with Gasteiger partial charge >= 0.3 is 67.8 Å². The van der Waals surface area contributed by atoms with E-state index >= 15 is 0 Å². The van der Waals surface area contributed by atoms with E-state index in [1.54, 1.807) is 0 Å². The van der Waals surface area contributed by atoms with Crippen LogP contribution in [0.3, 0.4) is 0 Å². The molecule has 1 saturated carbocycles. The van der Waals surface area contributed by atoms with Crippen LogP contribution < -0.4 is 0 Å². The molecule has 0 unspecified atom stereocenters. The summed E-state index contributed by atoms with van der Waals surface area (Å²) in [5.41, 5.74) is 0.323. The largest absolute Gasteiger partial charge is 0 e. The zero-order valence-electron chi connectivity index (χ0n) is 16.0. The van der Waals surface area contributed by atoms with Crippen LogP contribution in [0.4, 0.5) is 0 Å². The molecular weight excluding hydrogens is 474 g/mol. The molecule has 0 bridgehead atoms. The number of ether oxygens (including phenoxy) is 2. The van der Waals surface area contributed by atoms with Gasteiger partial charge in [-0.2, -0.15) is 0 Å². The summed E-state index contributed by atoms with van der Waals surface area (Å²) in [6.45, 7) is 35.0. The van der Waals surface area contributed by atoms with Gasteiger partial charge in [-0.3, -0.25) is 0 Å². The van der Waals surface area contributed by atoms with Crippen molar-refractivity contribution in [3.8, 4) is 12.3 Å². The van der Waals surface area contributed by atoms with E-state index in [4.69, 9.17) is 43.8 Å². The number of hydrogen-bond acceptors (Lipinski definition) is 2. The van der Waals surface area contributed by atoms with E-state index in [0.717, 1.165) is 26.1 Å². The third-order valence-electron chi connectivity index (χ3n) is 4.04. The molecule has 2 aliphatic rings. The van der Waals surface area contributed by atoms with Crippen molar-refractivity contribution in [2.45, 2.75) is 39.4 Å². The predicted octanol–water partition coefficient (Wildman–Crippen LogP) is 2.20. The van der Waals surface area contributed by atoms with E-state index in [1.807, 2.05) is 6.92 Å². The van der Waals surface area contributed by atoms with Gasteiger partial charge in [-0.15, -0.1) is 12.3 Å². The van der Waals surface area contributed by atoms with Crippen molar-refractivity contribution in [1.29, 1.82) is 0 Å². The summed E-state index contributed by atoms with van der Waals surface area (Å²) < 4.78 is 56.2. The standard InChI is InChI=1S/C13H20O2.6CO.2Co/c1-5-10-11(12(10,2)3)6-7-13(4)14-8-9-15-13;6*1-2;;/h1,10-11H,6-9H2,2-4H3;;;;;;;;/t10-,11+;;;;;;;;/m0......../s1. The van der Waals surface area contributed by atoms with E-state index < -0.39 is 0 Å². The van der Waals surface area contributed by atoms with Gasteiger partial charge in [0, 0.05) is 45.9 Å². The molecule has 1 heterocycles. The second-order valence-electron chi connectivity index (χ2n) is 5.44. The summed E-state index contributed by atoms with van der Waals surface area (Å²) in [7, 11) is 0. The summed E-state index contributed by atoms with van der Waals surface area (Å²) in [5, 5.41) is 0. The van der Waals surface area contributed by atoms with Gasteiger partial charge in [0.05, 0.1) is 13.2 Å². The zero-order valence-corrected chi connectivity index (χ0v) is 18.1. The van der Waals surface area contributed by atoms with E-state index in [9.17, 15) is 0 Å². The second-order valence-corrected chi connectivity index (χ2v) is 5.44. The van der Waals surface area contributed by atoms with Gasteiger partial charge in [0.1, 0.15) is 0 Å². The maximum atomic E-state index is 7.50. The van der Waals surface area contributed by atoms with Crippen LogP contribution in [0.2, 0.25) is 0 Å². The zero-order chi connectivity index (χ0) is 23.1. The molecule has 1 aliphatic carbocycles. The Balaban J connectivity index is -0.0000000601. The average molecular weight is 494 g/mol. The van der Waals surface area contributed by atoms with Gasteiger partial charge < -0.3 is 9.47 Å². The molecule has 2 radical (unpaired) electrons. The van der Waals surface area contributed by atoms with Crippen LogP contribution in [0.15, 0.2) is 0 Å². The number of rotatable bonds is 3. The van der Waals surface area contributed by atoms with Crippen molar-refractivity contribution in [2.75, 3.05) is 13.2 Å². The minimum Gasteiger partial charge on any atom is 0 e. The SMILES string of the molecule is C#C[C@H]1[C@@H](CCC2(C)OCCO2)C1(C)C.[C-]#[O+].[C-]#[O+].[C-]#[O+].[C-]#[O+].[C-]#[O+].[C-]#[O+].[Co].[Co]. The molecule has 1 aliphatic heterocycles. The Kier molecular flexibility index (Phi) is 50.4. The van der Waals surface area contributed by atoms with Crippen molar-refractivity contribution in [2.24, 2.45) is 17.3 Å². The molecule has 0 aromatic carbocycles. The molecule has 0 aromatic heterocycles. The van der Waals surface area contributed by atoms with Crippen LogP contribution in [0.5, 0.6) is 0 Å². The smallest absolute Gasteiger partial charge is 0 e. The maximum Gasteiger partial charge on any atom is 0 e. The molecule has 2 atom stereocenters. The van der Waals surface area contributed by atoms with E-state index in [0.29, 0.717) is 17.3 Å². The first-order valence-electron chi connectivity index (χ1n) is 6.96. The first-order chi connectivity index (χ1) is 13.0. The minimum absolute atomic E-state index is 0. The molecule has 0 spiro atoms. The maximum absolute atomic E-state index is 7.50. The summed E-state index contributed by atoms with van der Waals surface area (Å²) in [6, 6.07) is 0. The Morgan fingerprint density at radius 2 is 1.10 bits per heavy atom. The van der Waals surface area contributed by atoms with Crippen LogP contribution in [0.1, 0.15) is 33.6 Å². The Morgan fingerprint density at radius 3 is 1.34 bits per heavy atom. The molecule has 162 valence electrons. The van der Waals surface area contributed by atoms with Crippen LogP contribution in [-0.2, 0) is 70.9 Å². The average Bonchev–Trinajstić information content (AvgIpc) is 3.05. The van der Waals surface area contributed by atoms with Crippen LogP contribution >= 0.6 is 0 Å². The molecule has 8 nitrogen and oxygen atoms in total. The first-order valence-corrected chi connectivity index (χ1v) is 6.96. The summed E-state index contributed by atoms with van der Waals surface area (Å²) in [4.78, 5) is 0. The second kappa shape index (κ2) is 31.6. The Morgan fingerprint density at radius 1 is 0.793 bits per heavy atom. The van der Waals surface area contributed by atoms with Crippen molar-refractivity contribution in [3.05, 3.63) is 39.9 Å². The van der Waals surface area contributed by atoms with Gasteiger partial charge in [-0.25, -0.2) is 0 Å². The van der Waals surface area contributed by atoms with Crippen molar-refractivity contribution in [3.63, 3.8) is 0 Å². The molecule has 29 heavy (non-hydrogen) atoms. The Labute approximate surface area is 192 Å². The fourth-order valence-electron chi connectivity index (χ4n) is 2.73. The van der Waals surface area contributed by atoms with Crippen LogP contribution in [0, 0.1) is 69.5 Å². The minimum atomic E-state index is -0.349. The van der Waals surface area contributed by atoms with Crippen molar-refractivity contribution < 1.29 is 70.9 Å². The molecule has 2 rings (SSSR count). The van der Waals surface area contributed by atoms with Gasteiger partial charge in [-0.05, 0) is 24.7 Å². The van der Waals surface area contributed by atoms with E-state index in [-0.39, 0.29) is 39.3 Å². The molecule has 0 aromatic rings. The Hall–Kier alpha value is -1.07. The number of terminal acetylenes is 1. The number of hydrogen-bond donors (Lipinski definition) is 0. The fraction of sp³-hybridized carbons (Fsp3) is 0.579. The van der Waals surface area contributed by atoms with Crippen molar-refractivity contribution >= 4 is 0 Å². The quantitative estimate of drug-likeness (QED) is 0.338. The van der Waals surface area contributed by atoms with Crippen LogP contribution in [-0.4, -0.2) is 19.0 Å². The van der Waals surface area contributed by atoms with E-state index in [2.05, 4.69) is 59.7 Å². The van der Waals surface area contributed by atoms with Gasteiger partial charge in [-0.1, -0.05) is 13.8 Å². The first kappa shape index (κ1) is 46.2. The summed E-state index contributed by atoms with van der Waals surface area (Å²) in [6.07, 6.45) is 7.57. The van der Waals surface area contributed by atoms with Gasteiger partial charge in [0.15, 0.2) is 5.79 Å². The predicted molar refractivity (Wildman–Crippen MR) is 82.7 cm³/mol. The topological polar surface area (TPSA) is 138 Å². The third-order valence-corrected chi connectivity index (χ3v) is 4.04. The fourth-order valence-corrected chi connectivity index (χ4v) is 2.73. The monoisotopic (exact) mass is 494 g/mol. The van der Waals surface area contributed by atoms with Gasteiger partial charge in [0.25, 0.3) is 0 Å². The molecule has 0 N–H and O–H groups in total. The third kappa shape index (κ3) is 18.7. The normalized spacial score (nSPS) is 19.1. The van der Waals surface area contributed by atoms with Crippen molar-refractivity contribution in [1.82, 2.24) is 0 Å². The summed E-state index contributed by atoms with van der Waals surface area (Å²) in [5.74, 6) is 3.63. The van der Waals surface area contributed by atoms with E-state index in [1.165, 1.54) is 0 Å². The van der Waals surface area contributed by atoms with Gasteiger partial charge in [0.2, 0.25) is 0 Å². The molecule has 2 fully saturated rings. The molecule has 1 saturated heterocycles. The molecule has 0 amide bonds. The Bertz CT molecular complexity index is 474. The van der Waals surface area contributed by atoms with Crippen LogP contribution in [0.25, 0.3) is 0 Å². The molecule has 10 heteroatoms. The molecular formula is C19H20Co2O8.